The third-order valence-electron chi connectivity index (χ3n) is 5.85. The molecule has 0 aliphatic carbocycles. The van der Waals surface area contributed by atoms with E-state index in [1.54, 1.807) is 6.20 Å². The van der Waals surface area contributed by atoms with Gasteiger partial charge in [0.2, 0.25) is 0 Å². The van der Waals surface area contributed by atoms with Crippen LogP contribution in [0.2, 0.25) is 5.02 Å². The highest BCUT2D eigenvalue weighted by molar-refractivity contribution is 6.33. The lowest BCUT2D eigenvalue weighted by molar-refractivity contribution is 0.141. The maximum atomic E-state index is 9.54. The van der Waals surface area contributed by atoms with Gasteiger partial charge in [-0.2, -0.15) is 0 Å². The van der Waals surface area contributed by atoms with Crippen molar-refractivity contribution < 1.29 is 5.11 Å². The van der Waals surface area contributed by atoms with Gasteiger partial charge in [-0.05, 0) is 42.7 Å². The summed E-state index contributed by atoms with van der Waals surface area (Å²) in [7, 11) is 0. The Labute approximate surface area is 181 Å². The lowest BCUT2D eigenvalue weighted by Crippen LogP contribution is -2.51. The second kappa shape index (κ2) is 7.52. The zero-order valence-corrected chi connectivity index (χ0v) is 17.9. The number of hydrogen-bond donors (Lipinski definition) is 1. The summed E-state index contributed by atoms with van der Waals surface area (Å²) in [5.41, 5.74) is 6.40. The average molecular weight is 422 g/mol. The van der Waals surface area contributed by atoms with Crippen LogP contribution in [0.15, 0.2) is 36.7 Å². The van der Waals surface area contributed by atoms with Gasteiger partial charge in [-0.15, -0.1) is 0 Å². The molecule has 1 fully saturated rings. The van der Waals surface area contributed by atoms with Crippen molar-refractivity contribution in [2.45, 2.75) is 32.9 Å². The number of aliphatic hydroxyl groups is 1. The fourth-order valence-corrected chi connectivity index (χ4v) is 4.39. The Morgan fingerprint density at radius 1 is 1.03 bits per heavy atom. The summed E-state index contributed by atoms with van der Waals surface area (Å²) in [6, 6.07) is 8.36. The highest BCUT2D eigenvalue weighted by Crippen LogP contribution is 2.33. The summed E-state index contributed by atoms with van der Waals surface area (Å²) in [6.07, 6.45) is 4.23. The monoisotopic (exact) mass is 421 g/mol. The van der Waals surface area contributed by atoms with Crippen LogP contribution in [0.4, 0.5) is 11.6 Å². The second-order valence-electron chi connectivity index (χ2n) is 8.21. The van der Waals surface area contributed by atoms with E-state index in [4.69, 9.17) is 16.6 Å². The molecule has 0 spiro atoms. The number of fused-ring (bicyclic) bond motifs is 1. The number of aryl methyl sites for hydroxylation is 2. The predicted octanol–water partition coefficient (Wildman–Crippen LogP) is 3.55. The maximum Gasteiger partial charge on any atom is 0.129 e. The molecular weight excluding hydrogens is 398 g/mol. The van der Waals surface area contributed by atoms with Gasteiger partial charge in [-0.25, -0.2) is 9.97 Å². The van der Waals surface area contributed by atoms with Gasteiger partial charge >= 0.3 is 0 Å². The number of rotatable bonds is 3. The minimum Gasteiger partial charge on any atom is -0.389 e. The zero-order valence-electron chi connectivity index (χ0n) is 17.1. The first-order valence-corrected chi connectivity index (χ1v) is 10.6. The van der Waals surface area contributed by atoms with Crippen LogP contribution in [0.5, 0.6) is 0 Å². The lowest BCUT2D eigenvalue weighted by atomic mass is 10.0. The largest absolute Gasteiger partial charge is 0.389 e. The summed E-state index contributed by atoms with van der Waals surface area (Å²) in [4.78, 5) is 18.4. The summed E-state index contributed by atoms with van der Waals surface area (Å²) < 4.78 is 0. The van der Waals surface area contributed by atoms with E-state index in [1.165, 1.54) is 5.56 Å². The van der Waals surface area contributed by atoms with Gasteiger partial charge in [-0.3, -0.25) is 4.98 Å². The van der Waals surface area contributed by atoms with Crippen LogP contribution < -0.4 is 9.80 Å². The Morgan fingerprint density at radius 2 is 1.87 bits per heavy atom. The van der Waals surface area contributed by atoms with Crippen molar-refractivity contribution in [1.29, 1.82) is 0 Å². The number of β-amino-alcohol motifs (C(OH)–C–C–N with tert-alkyl or cyclic N) is 1. The summed E-state index contributed by atoms with van der Waals surface area (Å²) >= 11 is 6.49. The van der Waals surface area contributed by atoms with Gasteiger partial charge < -0.3 is 14.9 Å². The molecule has 0 aromatic carbocycles. The highest BCUT2D eigenvalue weighted by atomic mass is 35.5. The van der Waals surface area contributed by atoms with Crippen LogP contribution >= 0.6 is 11.6 Å². The van der Waals surface area contributed by atoms with E-state index in [0.717, 1.165) is 59.2 Å². The molecule has 0 amide bonds. The number of halogens is 1. The fraction of sp³-hybridized carbons (Fsp3) is 0.348. The minimum atomic E-state index is -0.227. The molecule has 0 unspecified atom stereocenters. The van der Waals surface area contributed by atoms with Crippen molar-refractivity contribution in [2.75, 3.05) is 29.4 Å². The summed E-state index contributed by atoms with van der Waals surface area (Å²) in [5.74, 6) is 1.86. The zero-order chi connectivity index (χ0) is 20.8. The molecule has 2 aliphatic rings. The molecule has 5 heterocycles. The highest BCUT2D eigenvalue weighted by Gasteiger charge is 2.27. The third-order valence-corrected chi connectivity index (χ3v) is 6.16. The first-order chi connectivity index (χ1) is 14.5. The normalized spacial score (nSPS) is 16.4. The Hall–Kier alpha value is -2.70. The van der Waals surface area contributed by atoms with Gasteiger partial charge in [0.05, 0.1) is 16.8 Å². The van der Waals surface area contributed by atoms with E-state index in [-0.39, 0.29) is 6.10 Å². The molecule has 0 bridgehead atoms. The molecular formula is C23H24ClN5O. The quantitative estimate of drug-likeness (QED) is 0.697. The Bertz CT molecular complexity index is 1110. The molecule has 3 aromatic rings. The smallest absolute Gasteiger partial charge is 0.129 e. The number of nitrogens with zero attached hydrogens (tertiary/aromatic N) is 5. The van der Waals surface area contributed by atoms with Crippen molar-refractivity contribution in [1.82, 2.24) is 15.0 Å². The molecule has 5 rings (SSSR count). The SMILES string of the molecule is Cc1cnc(-c2cc(N3CCc4nc(N5CC(O)C5)ccc4C3)ncc2Cl)c(C)c1. The first-order valence-electron chi connectivity index (χ1n) is 10.2. The number of anilines is 2. The Balaban J connectivity index is 1.41. The van der Waals surface area contributed by atoms with E-state index in [2.05, 4.69) is 44.9 Å². The molecule has 154 valence electrons. The predicted molar refractivity (Wildman–Crippen MR) is 119 cm³/mol. The lowest BCUT2D eigenvalue weighted by Gasteiger charge is -2.38. The van der Waals surface area contributed by atoms with E-state index in [0.29, 0.717) is 18.1 Å². The molecule has 2 aliphatic heterocycles. The maximum absolute atomic E-state index is 9.54. The summed E-state index contributed by atoms with van der Waals surface area (Å²) in [5, 5.41) is 10.1. The van der Waals surface area contributed by atoms with E-state index < -0.39 is 0 Å². The van der Waals surface area contributed by atoms with E-state index in [1.807, 2.05) is 19.2 Å². The Kier molecular flexibility index (Phi) is 4.83. The molecule has 7 heteroatoms. The van der Waals surface area contributed by atoms with Crippen LogP contribution in [0.25, 0.3) is 11.3 Å². The van der Waals surface area contributed by atoms with E-state index in [9.17, 15) is 5.11 Å². The molecule has 0 atom stereocenters. The van der Waals surface area contributed by atoms with Crippen molar-refractivity contribution in [2.24, 2.45) is 0 Å². The second-order valence-corrected chi connectivity index (χ2v) is 8.61. The minimum absolute atomic E-state index is 0.227. The van der Waals surface area contributed by atoms with Gasteiger partial charge in [0.1, 0.15) is 11.6 Å². The standard InChI is InChI=1S/C23H24ClN5O/c1-14-7-15(2)23(26-9-14)18-8-22(25-10-19(18)24)28-6-5-20-16(11-28)3-4-21(27-20)29-12-17(30)13-29/h3-4,7-10,17,30H,5-6,11-13H2,1-2H3. The van der Waals surface area contributed by atoms with Crippen LogP contribution in [0.3, 0.4) is 0 Å². The molecule has 3 aromatic heterocycles. The molecule has 1 saturated heterocycles. The number of hydrogen-bond acceptors (Lipinski definition) is 6. The number of aromatic nitrogens is 3. The van der Waals surface area contributed by atoms with Crippen molar-refractivity contribution in [3.05, 3.63) is 64.1 Å². The van der Waals surface area contributed by atoms with Gasteiger partial charge in [0.15, 0.2) is 0 Å². The summed E-state index contributed by atoms with van der Waals surface area (Å²) in [6.45, 7) is 7.05. The molecule has 0 radical (unpaired) electrons. The van der Waals surface area contributed by atoms with Gasteiger partial charge in [0, 0.05) is 56.3 Å². The molecule has 0 saturated carbocycles. The molecule has 30 heavy (non-hydrogen) atoms. The average Bonchev–Trinajstić information content (AvgIpc) is 2.71. The Morgan fingerprint density at radius 3 is 2.63 bits per heavy atom. The molecule has 6 nitrogen and oxygen atoms in total. The first kappa shape index (κ1) is 19.3. The van der Waals surface area contributed by atoms with Crippen LogP contribution in [-0.4, -0.2) is 45.8 Å². The number of pyridine rings is 3. The van der Waals surface area contributed by atoms with Crippen molar-refractivity contribution >= 4 is 23.2 Å². The number of aliphatic hydroxyl groups excluding tert-OH is 1. The van der Waals surface area contributed by atoms with E-state index >= 15 is 0 Å². The van der Waals surface area contributed by atoms with Gasteiger partial charge in [0.25, 0.3) is 0 Å². The topological polar surface area (TPSA) is 65.4 Å². The third kappa shape index (κ3) is 3.50. The van der Waals surface area contributed by atoms with Crippen LogP contribution in [0, 0.1) is 13.8 Å². The van der Waals surface area contributed by atoms with Crippen molar-refractivity contribution in [3.8, 4) is 11.3 Å². The van der Waals surface area contributed by atoms with Gasteiger partial charge in [-0.1, -0.05) is 23.7 Å². The van der Waals surface area contributed by atoms with Crippen LogP contribution in [0.1, 0.15) is 22.4 Å². The fourth-order valence-electron chi connectivity index (χ4n) is 4.20. The molecule has 1 N–H and O–H groups in total. The van der Waals surface area contributed by atoms with Crippen molar-refractivity contribution in [3.63, 3.8) is 0 Å². The van der Waals surface area contributed by atoms with Crippen LogP contribution in [-0.2, 0) is 13.0 Å².